The molecule has 182 valence electrons. The zero-order valence-corrected chi connectivity index (χ0v) is 18.7. The lowest BCUT2D eigenvalue weighted by Gasteiger charge is -2.27. The molecule has 11 nitrogen and oxygen atoms in total. The van der Waals surface area contributed by atoms with Gasteiger partial charge in [-0.15, -0.1) is 0 Å². The number of benzene rings is 1. The van der Waals surface area contributed by atoms with E-state index in [4.69, 9.17) is 19.5 Å². The van der Waals surface area contributed by atoms with Crippen LogP contribution in [-0.2, 0) is 25.8 Å². The molecular weight excluding hydrogens is 449 g/mol. The van der Waals surface area contributed by atoms with Gasteiger partial charge in [0.1, 0.15) is 19.0 Å². The largest absolute Gasteiger partial charge is 0.466 e. The summed E-state index contributed by atoms with van der Waals surface area (Å²) < 4.78 is 19.7. The van der Waals surface area contributed by atoms with Gasteiger partial charge in [0.25, 0.3) is 0 Å². The van der Waals surface area contributed by atoms with Crippen LogP contribution in [0.1, 0.15) is 31.7 Å². The lowest BCUT2D eigenvalue weighted by atomic mass is 10.1. The van der Waals surface area contributed by atoms with Gasteiger partial charge in [-0.2, -0.15) is 5.48 Å². The maximum absolute atomic E-state index is 14.8. The third-order valence-corrected chi connectivity index (χ3v) is 4.93. The maximum Gasteiger partial charge on any atom is 0.428 e. The van der Waals surface area contributed by atoms with Gasteiger partial charge in [-0.1, -0.05) is 23.4 Å². The molecule has 1 fully saturated rings. The van der Waals surface area contributed by atoms with E-state index in [0.29, 0.717) is 44.0 Å². The summed E-state index contributed by atoms with van der Waals surface area (Å²) in [5, 5.41) is 12.6. The Morgan fingerprint density at radius 1 is 1.24 bits per heavy atom. The summed E-state index contributed by atoms with van der Waals surface area (Å²) in [7, 11) is 0. The summed E-state index contributed by atoms with van der Waals surface area (Å²) in [5.41, 5.74) is 3.61. The standard InChI is InChI=1S/C22H26FN5O6/c1-2-32-19(29)8-11-33-26-17-6-9-28(10-7-17)21-24-12-16(13-25-21)18-5-3-4-15(20(18)23)14-34-27-22(30)31/h3-5,12-13,27H,2,6-11,14H2,1H3,(H,30,31). The number of esters is 1. The molecule has 0 radical (unpaired) electrons. The number of aromatic nitrogens is 2. The van der Waals surface area contributed by atoms with Gasteiger partial charge in [0.2, 0.25) is 5.95 Å². The Morgan fingerprint density at radius 2 is 1.97 bits per heavy atom. The average Bonchev–Trinajstić information content (AvgIpc) is 2.83. The highest BCUT2D eigenvalue weighted by atomic mass is 19.1. The molecule has 0 unspecified atom stereocenters. The second-order valence-corrected chi connectivity index (χ2v) is 7.28. The minimum absolute atomic E-state index is 0.159. The fraction of sp³-hybridized carbons (Fsp3) is 0.409. The van der Waals surface area contributed by atoms with Gasteiger partial charge in [-0.05, 0) is 6.92 Å². The number of amides is 1. The van der Waals surface area contributed by atoms with E-state index in [1.54, 1.807) is 36.9 Å². The number of nitrogens with zero attached hydrogens (tertiary/aromatic N) is 4. The van der Waals surface area contributed by atoms with Crippen LogP contribution in [-0.4, -0.2) is 59.2 Å². The molecule has 2 aromatic rings. The van der Waals surface area contributed by atoms with E-state index < -0.39 is 11.9 Å². The van der Waals surface area contributed by atoms with E-state index in [0.717, 1.165) is 5.71 Å². The van der Waals surface area contributed by atoms with Gasteiger partial charge in [0.15, 0.2) is 0 Å². The van der Waals surface area contributed by atoms with Crippen LogP contribution in [0.5, 0.6) is 0 Å². The number of hydrogen-bond donors (Lipinski definition) is 2. The van der Waals surface area contributed by atoms with Crippen LogP contribution in [0.2, 0.25) is 0 Å². The predicted molar refractivity (Wildman–Crippen MR) is 119 cm³/mol. The summed E-state index contributed by atoms with van der Waals surface area (Å²) in [6.45, 7) is 3.31. The van der Waals surface area contributed by atoms with Crippen molar-refractivity contribution in [3.63, 3.8) is 0 Å². The van der Waals surface area contributed by atoms with Crippen LogP contribution in [0.3, 0.4) is 0 Å². The van der Waals surface area contributed by atoms with Crippen LogP contribution >= 0.6 is 0 Å². The van der Waals surface area contributed by atoms with Gasteiger partial charge in [0.05, 0.1) is 18.7 Å². The van der Waals surface area contributed by atoms with Crippen molar-refractivity contribution in [2.75, 3.05) is 31.2 Å². The van der Waals surface area contributed by atoms with Gasteiger partial charge in [-0.25, -0.2) is 19.2 Å². The van der Waals surface area contributed by atoms with Gasteiger partial charge >= 0.3 is 12.1 Å². The zero-order valence-electron chi connectivity index (χ0n) is 18.7. The minimum Gasteiger partial charge on any atom is -0.466 e. The van der Waals surface area contributed by atoms with Crippen molar-refractivity contribution >= 4 is 23.7 Å². The van der Waals surface area contributed by atoms with Gasteiger partial charge < -0.3 is 19.6 Å². The molecule has 1 aliphatic heterocycles. The SMILES string of the molecule is CCOC(=O)CCON=C1CCN(c2ncc(-c3cccc(CONC(=O)O)c3F)cn2)CC1. The monoisotopic (exact) mass is 475 g/mol. The summed E-state index contributed by atoms with van der Waals surface area (Å²) in [6.07, 6.45) is 3.23. The fourth-order valence-electron chi connectivity index (χ4n) is 3.27. The van der Waals surface area contributed by atoms with E-state index in [-0.39, 0.29) is 36.7 Å². The number of anilines is 1. The van der Waals surface area contributed by atoms with Gasteiger partial charge in [0, 0.05) is 55.0 Å². The maximum atomic E-state index is 14.8. The molecule has 0 aliphatic carbocycles. The molecule has 1 aromatic heterocycles. The number of halogens is 1. The molecule has 1 aliphatic rings. The quantitative estimate of drug-likeness (QED) is 0.302. The Balaban J connectivity index is 1.53. The fourth-order valence-corrected chi connectivity index (χ4v) is 3.27. The molecule has 12 heteroatoms. The number of nitrogens with one attached hydrogen (secondary N) is 1. The lowest BCUT2D eigenvalue weighted by Crippen LogP contribution is -2.35. The first kappa shape index (κ1) is 24.8. The highest BCUT2D eigenvalue weighted by molar-refractivity contribution is 5.86. The normalized spacial score (nSPS) is 13.4. The van der Waals surface area contributed by atoms with Crippen LogP contribution in [0, 0.1) is 5.82 Å². The molecular formula is C22H26FN5O6. The summed E-state index contributed by atoms with van der Waals surface area (Å²) in [6, 6.07) is 4.74. The van der Waals surface area contributed by atoms with Crippen molar-refractivity contribution in [1.82, 2.24) is 15.4 Å². The highest BCUT2D eigenvalue weighted by Gasteiger charge is 2.19. The molecule has 2 N–H and O–H groups in total. The van der Waals surface area contributed by atoms with Crippen molar-refractivity contribution in [3.05, 3.63) is 42.0 Å². The molecule has 0 saturated carbocycles. The number of carbonyl (C=O) groups excluding carboxylic acids is 1. The summed E-state index contributed by atoms with van der Waals surface area (Å²) in [5.74, 6) is -0.322. The first-order chi connectivity index (χ1) is 16.5. The molecule has 0 atom stereocenters. The predicted octanol–water partition coefficient (Wildman–Crippen LogP) is 2.91. The molecule has 0 bridgehead atoms. The molecule has 2 heterocycles. The third kappa shape index (κ3) is 7.10. The molecule has 1 aromatic carbocycles. The smallest absolute Gasteiger partial charge is 0.428 e. The number of rotatable bonds is 10. The molecule has 3 rings (SSSR count). The van der Waals surface area contributed by atoms with E-state index in [9.17, 15) is 14.0 Å². The van der Waals surface area contributed by atoms with Crippen molar-refractivity contribution < 1.29 is 33.5 Å². The number of ether oxygens (including phenoxy) is 1. The first-order valence-corrected chi connectivity index (χ1v) is 10.8. The summed E-state index contributed by atoms with van der Waals surface area (Å²) >= 11 is 0. The van der Waals surface area contributed by atoms with Gasteiger partial charge in [-0.3, -0.25) is 9.63 Å². The molecule has 34 heavy (non-hydrogen) atoms. The summed E-state index contributed by atoms with van der Waals surface area (Å²) in [4.78, 5) is 42.5. The Labute approximate surface area is 195 Å². The second kappa shape index (κ2) is 12.4. The van der Waals surface area contributed by atoms with Crippen molar-refractivity contribution in [2.45, 2.75) is 32.8 Å². The Hall–Kier alpha value is -3.80. The van der Waals surface area contributed by atoms with Crippen LogP contribution in [0.4, 0.5) is 15.1 Å². The van der Waals surface area contributed by atoms with Crippen LogP contribution in [0.25, 0.3) is 11.1 Å². The number of hydroxylamine groups is 1. The minimum atomic E-state index is -1.36. The van der Waals surface area contributed by atoms with Crippen LogP contribution < -0.4 is 10.4 Å². The second-order valence-electron chi connectivity index (χ2n) is 7.28. The molecule has 1 saturated heterocycles. The van der Waals surface area contributed by atoms with E-state index in [2.05, 4.69) is 15.1 Å². The Kier molecular flexibility index (Phi) is 9.09. The van der Waals surface area contributed by atoms with Crippen LogP contribution in [0.15, 0.2) is 35.7 Å². The highest BCUT2D eigenvalue weighted by Crippen LogP contribution is 2.25. The first-order valence-electron chi connectivity index (χ1n) is 10.8. The number of carbonyl (C=O) groups is 2. The number of piperidine rings is 1. The number of carboxylic acid groups (broad SMARTS) is 1. The average molecular weight is 475 g/mol. The number of oxime groups is 1. The Morgan fingerprint density at radius 3 is 2.65 bits per heavy atom. The van der Waals surface area contributed by atoms with E-state index in [1.165, 1.54) is 6.07 Å². The third-order valence-electron chi connectivity index (χ3n) is 4.93. The van der Waals surface area contributed by atoms with Crippen molar-refractivity contribution in [3.8, 4) is 11.1 Å². The Bertz CT molecular complexity index is 1010. The topological polar surface area (TPSA) is 135 Å². The molecule has 1 amide bonds. The number of hydrogen-bond acceptors (Lipinski definition) is 9. The van der Waals surface area contributed by atoms with E-state index in [1.807, 2.05) is 4.90 Å². The van der Waals surface area contributed by atoms with Crippen molar-refractivity contribution in [2.24, 2.45) is 5.16 Å². The lowest BCUT2D eigenvalue weighted by molar-refractivity contribution is -0.144. The van der Waals surface area contributed by atoms with Crippen molar-refractivity contribution in [1.29, 1.82) is 0 Å². The molecule has 0 spiro atoms. The zero-order chi connectivity index (χ0) is 24.3. The van der Waals surface area contributed by atoms with E-state index >= 15 is 0 Å².